The van der Waals surface area contributed by atoms with E-state index in [0.29, 0.717) is 10.7 Å². The van der Waals surface area contributed by atoms with Gasteiger partial charge in [0.2, 0.25) is 0 Å². The lowest BCUT2D eigenvalue weighted by Gasteiger charge is -2.23. The molecule has 0 bridgehead atoms. The van der Waals surface area contributed by atoms with Crippen molar-refractivity contribution in [2.24, 2.45) is 5.10 Å². The smallest absolute Gasteiger partial charge is 0.264 e. The third kappa shape index (κ3) is 5.98. The Hall–Kier alpha value is -3.88. The molecule has 9 heteroatoms. The van der Waals surface area contributed by atoms with Crippen molar-refractivity contribution < 1.29 is 13.2 Å². The molecule has 0 aliphatic heterocycles. The number of benzene rings is 3. The number of carbonyl (C=O) groups excluding carboxylic acids is 1. The van der Waals surface area contributed by atoms with Gasteiger partial charge in [-0.15, -0.1) is 0 Å². The van der Waals surface area contributed by atoms with Gasteiger partial charge in [0.1, 0.15) is 6.54 Å². The Balaban J connectivity index is 1.54. The van der Waals surface area contributed by atoms with E-state index in [9.17, 15) is 13.2 Å². The number of para-hydroxylation sites is 1. The molecule has 1 aromatic heterocycles. The van der Waals surface area contributed by atoms with Gasteiger partial charge in [-0.3, -0.25) is 9.10 Å². The zero-order valence-corrected chi connectivity index (χ0v) is 23.2. The minimum atomic E-state index is -4.03. The summed E-state index contributed by atoms with van der Waals surface area (Å²) in [6.07, 6.45) is 1.57. The van der Waals surface area contributed by atoms with Crippen molar-refractivity contribution in [2.75, 3.05) is 10.8 Å². The summed E-state index contributed by atoms with van der Waals surface area (Å²) in [5.41, 5.74) is 9.09. The number of nitrogens with zero attached hydrogens (tertiary/aromatic N) is 3. The Morgan fingerprint density at radius 3 is 2.21 bits per heavy atom. The average molecular weight is 549 g/mol. The lowest BCUT2D eigenvalue weighted by atomic mass is 10.1. The van der Waals surface area contributed by atoms with Crippen LogP contribution in [0.2, 0.25) is 5.02 Å². The Morgan fingerprint density at radius 1 is 0.947 bits per heavy atom. The fraction of sp³-hybridized carbons (Fsp3) is 0.172. The highest BCUT2D eigenvalue weighted by atomic mass is 35.5. The Kier molecular flexibility index (Phi) is 8.04. The Bertz CT molecular complexity index is 1570. The first kappa shape index (κ1) is 27.2. The van der Waals surface area contributed by atoms with Gasteiger partial charge in [0.15, 0.2) is 0 Å². The molecule has 0 saturated carbocycles. The normalized spacial score (nSPS) is 11.6. The molecule has 7 nitrogen and oxygen atoms in total. The maximum Gasteiger partial charge on any atom is 0.264 e. The molecule has 0 radical (unpaired) electrons. The number of hydrogen-bond donors (Lipinski definition) is 1. The van der Waals surface area contributed by atoms with Crippen molar-refractivity contribution in [3.63, 3.8) is 0 Å². The topological polar surface area (TPSA) is 83.8 Å². The van der Waals surface area contributed by atoms with E-state index < -0.39 is 22.5 Å². The van der Waals surface area contributed by atoms with Crippen molar-refractivity contribution in [1.82, 2.24) is 9.99 Å². The number of aromatic nitrogens is 1. The first-order chi connectivity index (χ1) is 18.1. The molecule has 0 aliphatic carbocycles. The van der Waals surface area contributed by atoms with E-state index in [1.807, 2.05) is 19.9 Å². The SMILES string of the molecule is Cc1cc(C)cc(-n2c(C)cc(/C=N\NC(=O)CN(c3ccccc3)S(=O)(=O)c3ccc(Cl)cc3)c2C)c1. The van der Waals surface area contributed by atoms with Gasteiger partial charge in [-0.05, 0) is 93.4 Å². The second-order valence-corrected chi connectivity index (χ2v) is 11.4. The van der Waals surface area contributed by atoms with Crippen LogP contribution in [-0.2, 0) is 14.8 Å². The molecular weight excluding hydrogens is 520 g/mol. The van der Waals surface area contributed by atoms with Gasteiger partial charge < -0.3 is 4.57 Å². The van der Waals surface area contributed by atoms with Crippen molar-refractivity contribution in [2.45, 2.75) is 32.6 Å². The molecule has 38 heavy (non-hydrogen) atoms. The lowest BCUT2D eigenvalue weighted by Crippen LogP contribution is -2.39. The molecule has 1 N–H and O–H groups in total. The molecular formula is C29H29ClN4O3S. The van der Waals surface area contributed by atoms with Crippen LogP contribution in [0.4, 0.5) is 5.69 Å². The standard InChI is InChI=1S/C29H29ClN4O3S/c1-20-14-21(2)16-27(15-20)34-22(3)17-24(23(34)4)18-31-32-29(35)19-33(26-8-6-5-7-9-26)38(36,37)28-12-10-25(30)11-13-28/h5-18H,19H2,1-4H3,(H,32,35)/b31-18-. The van der Waals surface area contributed by atoms with Crippen molar-refractivity contribution in [1.29, 1.82) is 0 Å². The predicted molar refractivity (Wildman–Crippen MR) is 153 cm³/mol. The van der Waals surface area contributed by atoms with E-state index in [1.165, 1.54) is 35.4 Å². The van der Waals surface area contributed by atoms with Crippen molar-refractivity contribution in [3.05, 3.63) is 112 Å². The summed E-state index contributed by atoms with van der Waals surface area (Å²) in [5, 5.41) is 4.54. The Morgan fingerprint density at radius 2 is 1.58 bits per heavy atom. The van der Waals surface area contributed by atoms with Crippen molar-refractivity contribution >= 4 is 39.4 Å². The number of aryl methyl sites for hydroxylation is 3. The number of halogens is 1. The number of hydrazone groups is 1. The molecule has 4 aromatic rings. The zero-order valence-electron chi connectivity index (χ0n) is 21.6. The molecule has 0 unspecified atom stereocenters. The summed E-state index contributed by atoms with van der Waals surface area (Å²) in [5.74, 6) is -0.578. The molecule has 0 fully saturated rings. The molecule has 0 spiro atoms. The summed E-state index contributed by atoms with van der Waals surface area (Å²) in [6.45, 7) is 7.68. The molecule has 1 amide bonds. The predicted octanol–water partition coefficient (Wildman–Crippen LogP) is 5.71. The zero-order chi connectivity index (χ0) is 27.4. The van der Waals surface area contributed by atoms with Crippen molar-refractivity contribution in [3.8, 4) is 5.69 Å². The molecule has 196 valence electrons. The highest BCUT2D eigenvalue weighted by Gasteiger charge is 2.27. The van der Waals surface area contributed by atoms with E-state index in [0.717, 1.165) is 26.9 Å². The largest absolute Gasteiger partial charge is 0.318 e. The third-order valence-corrected chi connectivity index (χ3v) is 8.10. The highest BCUT2D eigenvalue weighted by molar-refractivity contribution is 7.92. The minimum Gasteiger partial charge on any atom is -0.318 e. The molecule has 3 aromatic carbocycles. The highest BCUT2D eigenvalue weighted by Crippen LogP contribution is 2.25. The number of anilines is 1. The minimum absolute atomic E-state index is 0.0286. The first-order valence-corrected chi connectivity index (χ1v) is 13.8. The van der Waals surface area contributed by atoms with Gasteiger partial charge in [0.25, 0.3) is 15.9 Å². The fourth-order valence-electron chi connectivity index (χ4n) is 4.38. The fourth-order valence-corrected chi connectivity index (χ4v) is 5.93. The maximum atomic E-state index is 13.4. The molecule has 4 rings (SSSR count). The number of sulfonamides is 1. The quantitative estimate of drug-likeness (QED) is 0.226. The monoisotopic (exact) mass is 548 g/mol. The van der Waals surface area contributed by atoms with Gasteiger partial charge in [0, 0.05) is 27.7 Å². The van der Waals surface area contributed by atoms with Gasteiger partial charge in [-0.1, -0.05) is 35.9 Å². The second-order valence-electron chi connectivity index (χ2n) is 9.10. The lowest BCUT2D eigenvalue weighted by molar-refractivity contribution is -0.119. The van der Waals surface area contributed by atoms with Crippen LogP contribution in [0.5, 0.6) is 0 Å². The van der Waals surface area contributed by atoms with Crippen LogP contribution >= 0.6 is 11.6 Å². The van der Waals surface area contributed by atoms with Crippen LogP contribution in [0.25, 0.3) is 5.69 Å². The van der Waals surface area contributed by atoms with E-state index in [2.05, 4.69) is 47.1 Å². The summed E-state index contributed by atoms with van der Waals surface area (Å²) in [6, 6.07) is 22.6. The van der Waals surface area contributed by atoms with Crippen LogP contribution in [0, 0.1) is 27.7 Å². The number of amides is 1. The van der Waals surface area contributed by atoms with E-state index in [1.54, 1.807) is 36.5 Å². The van der Waals surface area contributed by atoms with Gasteiger partial charge in [0.05, 0.1) is 16.8 Å². The average Bonchev–Trinajstić information content (AvgIpc) is 3.15. The van der Waals surface area contributed by atoms with E-state index in [4.69, 9.17) is 11.6 Å². The molecule has 0 saturated heterocycles. The number of nitrogens with one attached hydrogen (secondary N) is 1. The summed E-state index contributed by atoms with van der Waals surface area (Å²) >= 11 is 5.93. The third-order valence-electron chi connectivity index (χ3n) is 6.06. The first-order valence-electron chi connectivity index (χ1n) is 12.0. The number of hydrogen-bond acceptors (Lipinski definition) is 4. The van der Waals surface area contributed by atoms with Crippen LogP contribution in [0.3, 0.4) is 0 Å². The second kappa shape index (κ2) is 11.2. The van der Waals surface area contributed by atoms with E-state index >= 15 is 0 Å². The van der Waals surface area contributed by atoms with Gasteiger partial charge in [-0.25, -0.2) is 13.8 Å². The van der Waals surface area contributed by atoms with Gasteiger partial charge >= 0.3 is 0 Å². The van der Waals surface area contributed by atoms with E-state index in [-0.39, 0.29) is 4.90 Å². The summed E-state index contributed by atoms with van der Waals surface area (Å²) in [4.78, 5) is 12.9. The number of carbonyl (C=O) groups is 1. The Labute approximate surface area is 228 Å². The summed E-state index contributed by atoms with van der Waals surface area (Å²) in [7, 11) is -4.03. The number of rotatable bonds is 8. The van der Waals surface area contributed by atoms with Crippen LogP contribution in [-0.4, -0.2) is 31.7 Å². The van der Waals surface area contributed by atoms with Crippen LogP contribution < -0.4 is 9.73 Å². The summed E-state index contributed by atoms with van der Waals surface area (Å²) < 4.78 is 30.0. The maximum absolute atomic E-state index is 13.4. The van der Waals surface area contributed by atoms with Crippen LogP contribution in [0.15, 0.2) is 88.9 Å². The van der Waals surface area contributed by atoms with Crippen LogP contribution in [0.1, 0.15) is 28.1 Å². The molecule has 1 heterocycles. The molecule has 0 atom stereocenters. The molecule has 0 aliphatic rings. The van der Waals surface area contributed by atoms with Gasteiger partial charge in [-0.2, -0.15) is 5.10 Å².